The van der Waals surface area contributed by atoms with Crippen LogP contribution in [0, 0.1) is 0 Å². The molecule has 0 unspecified atom stereocenters. The molecule has 1 aliphatic heterocycles. The van der Waals surface area contributed by atoms with Crippen LogP contribution < -0.4 is 26.7 Å². The van der Waals surface area contributed by atoms with Gasteiger partial charge in [-0.25, -0.2) is 4.98 Å². The Morgan fingerprint density at radius 3 is 3.00 bits per heavy atom. The Morgan fingerprint density at radius 1 is 1.24 bits per heavy atom. The topological polar surface area (TPSA) is 89.5 Å². The lowest BCUT2D eigenvalue weighted by molar-refractivity contribution is 0.717. The van der Waals surface area contributed by atoms with Gasteiger partial charge in [-0.2, -0.15) is 5.10 Å². The van der Waals surface area contributed by atoms with Crippen LogP contribution in [0.15, 0.2) is 53.8 Å². The van der Waals surface area contributed by atoms with E-state index in [0.29, 0.717) is 11.7 Å². The number of aromatic nitrogens is 2. The average molecular weight is 407 g/mol. The number of hydrogen-bond acceptors (Lipinski definition) is 7. The number of anilines is 2. The van der Waals surface area contributed by atoms with E-state index in [9.17, 15) is 0 Å². The van der Waals surface area contributed by atoms with E-state index < -0.39 is 0 Å². The molecule has 0 radical (unpaired) electrons. The zero-order valence-corrected chi connectivity index (χ0v) is 17.0. The molecule has 2 aromatic heterocycles. The third kappa shape index (κ3) is 4.25. The number of rotatable bonds is 5. The number of nitrogens with zero attached hydrogens (tertiary/aromatic N) is 4. The van der Waals surface area contributed by atoms with Crippen LogP contribution in [0.25, 0.3) is 10.9 Å². The summed E-state index contributed by atoms with van der Waals surface area (Å²) in [6, 6.07) is 14.2. The number of nitrogens with one attached hydrogen (secondary N) is 4. The van der Waals surface area contributed by atoms with E-state index in [4.69, 9.17) is 17.2 Å². The molecule has 0 atom stereocenters. The normalized spacial score (nSPS) is 13.2. The van der Waals surface area contributed by atoms with Crippen molar-refractivity contribution in [1.29, 1.82) is 0 Å². The van der Waals surface area contributed by atoms with Crippen molar-refractivity contribution in [2.24, 2.45) is 5.10 Å². The first-order valence-electron chi connectivity index (χ1n) is 9.36. The number of fused-ring (bicyclic) bond motifs is 2. The van der Waals surface area contributed by atoms with Crippen molar-refractivity contribution in [2.75, 3.05) is 17.0 Å². The van der Waals surface area contributed by atoms with Gasteiger partial charge < -0.3 is 10.7 Å². The van der Waals surface area contributed by atoms with Crippen molar-refractivity contribution in [3.8, 4) is 0 Å². The molecule has 148 valence electrons. The summed E-state index contributed by atoms with van der Waals surface area (Å²) in [4.78, 5) is 9.15. The Kier molecular flexibility index (Phi) is 5.50. The fourth-order valence-corrected chi connectivity index (χ4v) is 3.24. The molecule has 0 spiro atoms. The molecule has 4 N–H and O–H groups in total. The summed E-state index contributed by atoms with van der Waals surface area (Å²) in [5, 5.41) is 10.9. The van der Waals surface area contributed by atoms with Gasteiger partial charge in [0.25, 0.3) is 0 Å². The molecule has 3 aromatic rings. The molecule has 8 nitrogen and oxygen atoms in total. The first kappa shape index (κ1) is 19.0. The lowest BCUT2D eigenvalue weighted by Crippen LogP contribution is -2.35. The van der Waals surface area contributed by atoms with Gasteiger partial charge in [0.1, 0.15) is 0 Å². The van der Waals surface area contributed by atoms with Crippen LogP contribution in [0.5, 0.6) is 0 Å². The second kappa shape index (κ2) is 8.38. The van der Waals surface area contributed by atoms with Crippen LogP contribution in [-0.4, -0.2) is 27.3 Å². The molecule has 0 saturated heterocycles. The summed E-state index contributed by atoms with van der Waals surface area (Å²) in [5.41, 5.74) is 13.7. The number of hydrogen-bond donors (Lipinski definition) is 4. The molecule has 29 heavy (non-hydrogen) atoms. The van der Waals surface area contributed by atoms with Crippen LogP contribution in [-0.2, 0) is 6.54 Å². The standard InChI is InChI=1S/C20H22N8S/c1-3-21-20(29)26-24-13(2)16-8-9-18-19(23-16)28(27-25-18)12-14-6-7-17-15(11-14)5-4-10-22-17/h4-11,25,27H,3,12H2,1-2H3,(H2,21,26,29)/b24-13+. The average Bonchev–Trinajstić information content (AvgIpc) is 3.14. The van der Waals surface area contributed by atoms with Gasteiger partial charge in [-0.3, -0.25) is 15.4 Å². The second-order valence-electron chi connectivity index (χ2n) is 6.59. The highest BCUT2D eigenvalue weighted by Gasteiger charge is 2.21. The minimum Gasteiger partial charge on any atom is -0.362 e. The Hall–Kier alpha value is -3.30. The Morgan fingerprint density at radius 2 is 2.14 bits per heavy atom. The Bertz CT molecular complexity index is 1080. The third-order valence-corrected chi connectivity index (χ3v) is 4.73. The Labute approximate surface area is 174 Å². The quantitative estimate of drug-likeness (QED) is 0.292. The highest BCUT2D eigenvalue weighted by Crippen LogP contribution is 2.28. The van der Waals surface area contributed by atoms with Gasteiger partial charge in [0.2, 0.25) is 0 Å². The maximum Gasteiger partial charge on any atom is 0.186 e. The van der Waals surface area contributed by atoms with E-state index >= 15 is 0 Å². The minimum atomic E-state index is 0.490. The highest BCUT2D eigenvalue weighted by molar-refractivity contribution is 7.80. The summed E-state index contributed by atoms with van der Waals surface area (Å²) in [6.45, 7) is 5.27. The SMILES string of the molecule is CCNC(=S)N/N=C(\C)c1ccc2c(n1)N(Cc1ccc3ncccc3c1)NN2. The van der Waals surface area contributed by atoms with E-state index in [1.165, 1.54) is 0 Å². The molecule has 4 rings (SSSR count). The van der Waals surface area contributed by atoms with Gasteiger partial charge in [-0.1, -0.05) is 12.1 Å². The molecule has 1 aliphatic rings. The number of hydrazone groups is 1. The molecule has 0 amide bonds. The molecular weight excluding hydrogens is 384 g/mol. The van der Waals surface area contributed by atoms with Crippen molar-refractivity contribution in [3.63, 3.8) is 0 Å². The maximum atomic E-state index is 5.14. The van der Waals surface area contributed by atoms with E-state index in [1.54, 1.807) is 6.20 Å². The maximum absolute atomic E-state index is 5.14. The largest absolute Gasteiger partial charge is 0.362 e. The molecule has 1 aromatic carbocycles. The second-order valence-corrected chi connectivity index (χ2v) is 7.00. The number of pyridine rings is 2. The Balaban J connectivity index is 1.53. The van der Waals surface area contributed by atoms with Crippen molar-refractivity contribution in [3.05, 3.63) is 59.9 Å². The van der Waals surface area contributed by atoms with Crippen LogP contribution in [0.1, 0.15) is 25.1 Å². The molecule has 0 fully saturated rings. The van der Waals surface area contributed by atoms with Crippen molar-refractivity contribution < 1.29 is 0 Å². The highest BCUT2D eigenvalue weighted by atomic mass is 32.1. The first-order chi connectivity index (χ1) is 14.1. The van der Waals surface area contributed by atoms with Gasteiger partial charge in [-0.05, 0) is 62.0 Å². The molecule has 0 aliphatic carbocycles. The van der Waals surface area contributed by atoms with Crippen molar-refractivity contribution >= 4 is 45.5 Å². The summed E-state index contributed by atoms with van der Waals surface area (Å²) in [6.07, 6.45) is 1.80. The van der Waals surface area contributed by atoms with Gasteiger partial charge in [0, 0.05) is 18.1 Å². The van der Waals surface area contributed by atoms with E-state index in [0.717, 1.165) is 45.9 Å². The van der Waals surface area contributed by atoms with Crippen molar-refractivity contribution in [2.45, 2.75) is 20.4 Å². The van der Waals surface area contributed by atoms with Crippen LogP contribution in [0.3, 0.4) is 0 Å². The van der Waals surface area contributed by atoms with Gasteiger partial charge >= 0.3 is 0 Å². The number of benzene rings is 1. The fourth-order valence-electron chi connectivity index (χ4n) is 3.05. The number of hydrazine groups is 2. The zero-order valence-electron chi connectivity index (χ0n) is 16.2. The molecule has 9 heteroatoms. The summed E-state index contributed by atoms with van der Waals surface area (Å²) in [7, 11) is 0. The molecule has 0 bridgehead atoms. The third-order valence-electron chi connectivity index (χ3n) is 4.50. The summed E-state index contributed by atoms with van der Waals surface area (Å²) in [5.74, 6) is 0.817. The minimum absolute atomic E-state index is 0.490. The summed E-state index contributed by atoms with van der Waals surface area (Å²) >= 11 is 5.14. The first-order valence-corrected chi connectivity index (χ1v) is 9.77. The molecular formula is C20H22N8S. The van der Waals surface area contributed by atoms with Gasteiger partial charge in [-0.15, -0.1) is 5.53 Å². The predicted octanol–water partition coefficient (Wildman–Crippen LogP) is 2.69. The summed E-state index contributed by atoms with van der Waals surface area (Å²) < 4.78 is 0. The lowest BCUT2D eigenvalue weighted by Gasteiger charge is -2.17. The van der Waals surface area contributed by atoms with Crippen molar-refractivity contribution in [1.82, 2.24) is 26.2 Å². The smallest absolute Gasteiger partial charge is 0.186 e. The monoisotopic (exact) mass is 406 g/mol. The molecule has 3 heterocycles. The zero-order chi connectivity index (χ0) is 20.2. The number of thiocarbonyl (C=S) groups is 1. The fraction of sp³-hybridized carbons (Fsp3) is 0.200. The van der Waals surface area contributed by atoms with Crippen LogP contribution >= 0.6 is 12.2 Å². The van der Waals surface area contributed by atoms with Crippen LogP contribution in [0.4, 0.5) is 11.5 Å². The van der Waals surface area contributed by atoms with E-state index in [2.05, 4.69) is 50.0 Å². The van der Waals surface area contributed by atoms with Gasteiger partial charge in [0.05, 0.1) is 29.2 Å². The van der Waals surface area contributed by atoms with Gasteiger partial charge in [0.15, 0.2) is 10.9 Å². The predicted molar refractivity (Wildman–Crippen MR) is 121 cm³/mol. The van der Waals surface area contributed by atoms with E-state index in [1.807, 2.05) is 43.1 Å². The molecule has 0 saturated carbocycles. The van der Waals surface area contributed by atoms with Crippen LogP contribution in [0.2, 0.25) is 0 Å². The van der Waals surface area contributed by atoms with E-state index in [-0.39, 0.29) is 0 Å². The lowest BCUT2D eigenvalue weighted by atomic mass is 10.1.